The number of amides is 1. The van der Waals surface area contributed by atoms with Crippen LogP contribution in [0.5, 0.6) is 0 Å². The molecule has 2 aromatic carbocycles. The molecule has 1 aliphatic heterocycles. The van der Waals surface area contributed by atoms with Crippen molar-refractivity contribution < 1.29 is 13.9 Å². The standard InChI is InChI=1S/C24H30FN3O2/c1-27(2)20-12-13-28(15-20)19-10-11-23(22(25)14-19)26-24(29)18-8-6-17(7-9-18)16-30-21-4-3-5-21/h6-11,14,20-21H,3-5,12-13,15-16H2,1-2H3,(H,26,29). The van der Waals surface area contributed by atoms with Crippen molar-refractivity contribution in [3.63, 3.8) is 0 Å². The summed E-state index contributed by atoms with van der Waals surface area (Å²) in [5, 5.41) is 2.69. The van der Waals surface area contributed by atoms with Gasteiger partial charge in [-0.1, -0.05) is 12.1 Å². The van der Waals surface area contributed by atoms with Crippen molar-refractivity contribution in [1.82, 2.24) is 4.90 Å². The highest BCUT2D eigenvalue weighted by molar-refractivity contribution is 6.04. The van der Waals surface area contributed by atoms with Gasteiger partial charge in [-0.05, 0) is 75.7 Å². The van der Waals surface area contributed by atoms with Gasteiger partial charge in [-0.15, -0.1) is 0 Å². The molecule has 1 heterocycles. The van der Waals surface area contributed by atoms with E-state index in [0.717, 1.165) is 43.6 Å². The van der Waals surface area contributed by atoms with E-state index in [1.54, 1.807) is 18.2 Å². The Morgan fingerprint density at radius 3 is 2.53 bits per heavy atom. The number of benzene rings is 2. The zero-order valence-corrected chi connectivity index (χ0v) is 17.7. The number of ether oxygens (including phenoxy) is 1. The van der Waals surface area contributed by atoms with Gasteiger partial charge >= 0.3 is 0 Å². The van der Waals surface area contributed by atoms with E-state index < -0.39 is 5.82 Å². The van der Waals surface area contributed by atoms with Crippen LogP contribution in [0.2, 0.25) is 0 Å². The van der Waals surface area contributed by atoms with Crippen LogP contribution in [0.15, 0.2) is 42.5 Å². The molecule has 2 aliphatic rings. The number of carbonyl (C=O) groups is 1. The van der Waals surface area contributed by atoms with Crippen LogP contribution < -0.4 is 10.2 Å². The summed E-state index contributed by atoms with van der Waals surface area (Å²) >= 11 is 0. The molecule has 1 atom stereocenters. The molecule has 6 heteroatoms. The number of anilines is 2. The Morgan fingerprint density at radius 1 is 1.17 bits per heavy atom. The SMILES string of the molecule is CN(C)C1CCN(c2ccc(NC(=O)c3ccc(COC4CCC4)cc3)c(F)c2)C1. The van der Waals surface area contributed by atoms with Crippen molar-refractivity contribution in [2.45, 2.75) is 44.4 Å². The molecule has 1 saturated heterocycles. The molecule has 0 aromatic heterocycles. The van der Waals surface area contributed by atoms with Crippen LogP contribution in [0.3, 0.4) is 0 Å². The first-order valence-electron chi connectivity index (χ1n) is 10.7. The number of carbonyl (C=O) groups excluding carboxylic acids is 1. The van der Waals surface area contributed by atoms with Crippen molar-refractivity contribution in [2.24, 2.45) is 0 Å². The summed E-state index contributed by atoms with van der Waals surface area (Å²) in [6.07, 6.45) is 4.97. The van der Waals surface area contributed by atoms with Gasteiger partial charge in [0.1, 0.15) is 5.82 Å². The second-order valence-corrected chi connectivity index (χ2v) is 8.53. The molecule has 5 nitrogen and oxygen atoms in total. The van der Waals surface area contributed by atoms with E-state index in [2.05, 4.69) is 29.2 Å². The Hall–Kier alpha value is -2.44. The summed E-state index contributed by atoms with van der Waals surface area (Å²) in [4.78, 5) is 16.9. The van der Waals surface area contributed by atoms with Gasteiger partial charge in [0, 0.05) is 30.4 Å². The van der Waals surface area contributed by atoms with Gasteiger partial charge in [0.15, 0.2) is 0 Å². The van der Waals surface area contributed by atoms with E-state index in [9.17, 15) is 9.18 Å². The fourth-order valence-electron chi connectivity index (χ4n) is 3.90. The molecule has 1 aliphatic carbocycles. The maximum atomic E-state index is 14.6. The molecular formula is C24H30FN3O2. The first-order chi connectivity index (χ1) is 14.5. The smallest absolute Gasteiger partial charge is 0.255 e. The van der Waals surface area contributed by atoms with Gasteiger partial charge in [0.25, 0.3) is 5.91 Å². The Kier molecular flexibility index (Phi) is 6.35. The molecule has 1 N–H and O–H groups in total. The summed E-state index contributed by atoms with van der Waals surface area (Å²) in [5.74, 6) is -0.735. The topological polar surface area (TPSA) is 44.8 Å². The molecule has 30 heavy (non-hydrogen) atoms. The number of rotatable bonds is 7. The van der Waals surface area contributed by atoms with Crippen LogP contribution in [0.4, 0.5) is 15.8 Å². The predicted octanol–water partition coefficient (Wildman–Crippen LogP) is 4.29. The Balaban J connectivity index is 1.34. The summed E-state index contributed by atoms with van der Waals surface area (Å²) < 4.78 is 20.4. The molecule has 2 fully saturated rings. The lowest BCUT2D eigenvalue weighted by Crippen LogP contribution is -2.31. The van der Waals surface area contributed by atoms with Gasteiger partial charge in [0.05, 0.1) is 18.4 Å². The normalized spacial score (nSPS) is 19.2. The summed E-state index contributed by atoms with van der Waals surface area (Å²) in [6.45, 7) is 2.35. The molecule has 1 saturated carbocycles. The number of halogens is 1. The maximum absolute atomic E-state index is 14.6. The second kappa shape index (κ2) is 9.14. The van der Waals surface area contributed by atoms with Crippen LogP contribution >= 0.6 is 0 Å². The van der Waals surface area contributed by atoms with E-state index in [-0.39, 0.29) is 11.6 Å². The Bertz CT molecular complexity index is 881. The molecular weight excluding hydrogens is 381 g/mol. The molecule has 2 aromatic rings. The molecule has 0 spiro atoms. The van der Waals surface area contributed by atoms with E-state index in [0.29, 0.717) is 24.3 Å². The fourth-order valence-corrected chi connectivity index (χ4v) is 3.90. The lowest BCUT2D eigenvalue weighted by atomic mass is 9.96. The van der Waals surface area contributed by atoms with Crippen molar-refractivity contribution in [3.05, 3.63) is 59.4 Å². The summed E-state index contributed by atoms with van der Waals surface area (Å²) in [5.41, 5.74) is 2.59. The minimum absolute atomic E-state index is 0.199. The molecule has 1 unspecified atom stereocenters. The average molecular weight is 412 g/mol. The minimum atomic E-state index is -0.417. The Morgan fingerprint density at radius 2 is 1.93 bits per heavy atom. The third-order valence-electron chi connectivity index (χ3n) is 6.21. The van der Waals surface area contributed by atoms with Crippen molar-refractivity contribution in [2.75, 3.05) is 37.4 Å². The predicted molar refractivity (Wildman–Crippen MR) is 118 cm³/mol. The van der Waals surface area contributed by atoms with Crippen molar-refractivity contribution in [1.29, 1.82) is 0 Å². The molecule has 1 amide bonds. The van der Waals surface area contributed by atoms with Crippen LogP contribution in [-0.2, 0) is 11.3 Å². The van der Waals surface area contributed by atoms with E-state index in [4.69, 9.17) is 4.74 Å². The van der Waals surface area contributed by atoms with Crippen LogP contribution in [0.1, 0.15) is 41.6 Å². The third kappa shape index (κ3) is 4.82. The highest BCUT2D eigenvalue weighted by Crippen LogP contribution is 2.27. The van der Waals surface area contributed by atoms with Gasteiger partial charge < -0.3 is 19.9 Å². The van der Waals surface area contributed by atoms with Crippen molar-refractivity contribution >= 4 is 17.3 Å². The highest BCUT2D eigenvalue weighted by atomic mass is 19.1. The van der Waals surface area contributed by atoms with E-state index >= 15 is 0 Å². The number of nitrogens with one attached hydrogen (secondary N) is 1. The van der Waals surface area contributed by atoms with Crippen LogP contribution in [0.25, 0.3) is 0 Å². The zero-order chi connectivity index (χ0) is 21.1. The molecule has 4 rings (SSSR count). The lowest BCUT2D eigenvalue weighted by Gasteiger charge is -2.25. The zero-order valence-electron chi connectivity index (χ0n) is 17.7. The largest absolute Gasteiger partial charge is 0.374 e. The third-order valence-corrected chi connectivity index (χ3v) is 6.21. The van der Waals surface area contributed by atoms with Gasteiger partial charge in [-0.25, -0.2) is 4.39 Å². The van der Waals surface area contributed by atoms with E-state index in [1.165, 1.54) is 12.5 Å². The van der Waals surface area contributed by atoms with Crippen molar-refractivity contribution in [3.8, 4) is 0 Å². The van der Waals surface area contributed by atoms with Crippen LogP contribution in [0, 0.1) is 5.82 Å². The summed E-state index contributed by atoms with van der Waals surface area (Å²) in [7, 11) is 4.14. The van der Waals surface area contributed by atoms with Gasteiger partial charge in [0.2, 0.25) is 0 Å². The number of hydrogen-bond acceptors (Lipinski definition) is 4. The molecule has 0 bridgehead atoms. The Labute approximate surface area is 177 Å². The van der Waals surface area contributed by atoms with E-state index in [1.807, 2.05) is 18.2 Å². The molecule has 0 radical (unpaired) electrons. The monoisotopic (exact) mass is 411 g/mol. The highest BCUT2D eigenvalue weighted by Gasteiger charge is 2.24. The number of hydrogen-bond donors (Lipinski definition) is 1. The minimum Gasteiger partial charge on any atom is -0.374 e. The fraction of sp³-hybridized carbons (Fsp3) is 0.458. The average Bonchev–Trinajstić information content (AvgIpc) is 3.19. The quantitative estimate of drug-likeness (QED) is 0.738. The number of nitrogens with zero attached hydrogens (tertiary/aromatic N) is 2. The number of likely N-dealkylation sites (N-methyl/N-ethyl adjacent to an activating group) is 1. The molecule has 160 valence electrons. The summed E-state index contributed by atoms with van der Waals surface area (Å²) in [6, 6.07) is 12.8. The lowest BCUT2D eigenvalue weighted by molar-refractivity contribution is -0.00866. The first-order valence-corrected chi connectivity index (χ1v) is 10.7. The van der Waals surface area contributed by atoms with Gasteiger partial charge in [-0.3, -0.25) is 4.79 Å². The van der Waals surface area contributed by atoms with Gasteiger partial charge in [-0.2, -0.15) is 0 Å². The van der Waals surface area contributed by atoms with Crippen LogP contribution in [-0.4, -0.2) is 50.1 Å². The second-order valence-electron chi connectivity index (χ2n) is 8.53. The first kappa shape index (κ1) is 20.8. The maximum Gasteiger partial charge on any atom is 0.255 e.